The molecule has 1 fully saturated rings. The maximum absolute atomic E-state index is 16.5. The molecule has 25 nitrogen and oxygen atoms in total. The monoisotopic (exact) mass is 1290 g/mol. The third-order valence-electron chi connectivity index (χ3n) is 16.5. The summed E-state index contributed by atoms with van der Waals surface area (Å²) >= 11 is 0. The maximum atomic E-state index is 16.5. The van der Waals surface area contributed by atoms with E-state index in [4.69, 9.17) is 44.6 Å². The third-order valence-corrected chi connectivity index (χ3v) is 16.5. The fraction of sp³-hybridized carbons (Fsp3) is 0.329. The van der Waals surface area contributed by atoms with E-state index in [2.05, 4.69) is 53.2 Å². The van der Waals surface area contributed by atoms with Crippen molar-refractivity contribution < 1.29 is 33.6 Å². The Bertz CT molecular complexity index is 3280. The molecule has 6 amide bonds. The van der Waals surface area contributed by atoms with Crippen molar-refractivity contribution in [2.24, 2.45) is 28.9 Å². The van der Waals surface area contributed by atoms with Crippen LogP contribution in [0.15, 0.2) is 182 Å². The Labute approximate surface area is 553 Å². The first-order chi connectivity index (χ1) is 45.9. The molecule has 1 saturated heterocycles. The smallest absolute Gasteiger partial charge is 0.244 e. The van der Waals surface area contributed by atoms with Gasteiger partial charge in [-0.1, -0.05) is 182 Å². The van der Waals surface area contributed by atoms with Crippen LogP contribution < -0.4 is 76.1 Å². The fourth-order valence-electron chi connectivity index (χ4n) is 11.9. The van der Waals surface area contributed by atoms with Crippen molar-refractivity contribution in [3.63, 3.8) is 0 Å². The van der Waals surface area contributed by atoms with Crippen molar-refractivity contribution in [1.29, 1.82) is 21.6 Å². The van der Waals surface area contributed by atoms with Gasteiger partial charge in [0, 0.05) is 56.3 Å². The number of ketones is 1. The van der Waals surface area contributed by atoms with Gasteiger partial charge < -0.3 is 76.1 Å². The molecule has 6 aromatic carbocycles. The Hall–Kier alpha value is -11.1. The molecule has 0 aliphatic carbocycles. The van der Waals surface area contributed by atoms with E-state index in [9.17, 15) is 0 Å². The lowest BCUT2D eigenvalue weighted by molar-refractivity contribution is -0.136. The van der Waals surface area contributed by atoms with E-state index in [1.54, 1.807) is 109 Å². The van der Waals surface area contributed by atoms with Crippen molar-refractivity contribution >= 4 is 65.1 Å². The Morgan fingerprint density at radius 3 is 0.842 bits per heavy atom. The number of hydrogen-bond donors (Lipinski definition) is 18. The van der Waals surface area contributed by atoms with E-state index in [1.807, 2.05) is 72.8 Å². The van der Waals surface area contributed by atoms with Crippen LogP contribution in [0.5, 0.6) is 0 Å². The van der Waals surface area contributed by atoms with Crippen molar-refractivity contribution in [2.75, 3.05) is 26.2 Å². The lowest BCUT2D eigenvalue weighted by Gasteiger charge is -2.35. The SMILES string of the molecule is N=C(N)NCCC[C@H]1CC(=O)[C@H](CCCNC(=N)N)NC(=O)[C@@H](CCCNC(=N)N)NC(=O)[C@@H](CCCNC(=N)N)NC(=O)[C@@H](C(c2ccccc2)c2ccccc2)NC(=O)[C@H](C(c2ccccc2)c2ccccc2)NC(=O)[C@@H](C(c2ccccc2)c2ccccc2)NC1=O. The lowest BCUT2D eigenvalue weighted by atomic mass is 9.81. The molecule has 1 aliphatic heterocycles. The van der Waals surface area contributed by atoms with Crippen molar-refractivity contribution in [3.05, 3.63) is 215 Å². The summed E-state index contributed by atoms with van der Waals surface area (Å²) in [7, 11) is 0. The Kier molecular flexibility index (Phi) is 27.6. The zero-order chi connectivity index (χ0) is 68.1. The van der Waals surface area contributed by atoms with Crippen LogP contribution in [0.1, 0.15) is 109 Å². The van der Waals surface area contributed by atoms with Crippen LogP contribution in [0.25, 0.3) is 0 Å². The van der Waals surface area contributed by atoms with Crippen LogP contribution in [0.4, 0.5) is 0 Å². The molecule has 0 radical (unpaired) electrons. The van der Waals surface area contributed by atoms with Gasteiger partial charge in [0.15, 0.2) is 29.6 Å². The summed E-state index contributed by atoms with van der Waals surface area (Å²) in [6.07, 6.45) is -0.117. The largest absolute Gasteiger partial charge is 0.370 e. The van der Waals surface area contributed by atoms with Crippen molar-refractivity contribution in [3.8, 4) is 0 Å². The molecular weight excluding hydrogens is 1200 g/mol. The molecule has 0 unspecified atom stereocenters. The fourth-order valence-corrected chi connectivity index (χ4v) is 11.9. The number of hydrogen-bond acceptors (Lipinski definition) is 11. The number of nitrogens with one attached hydrogen (secondary N) is 14. The Morgan fingerprint density at radius 2 is 0.558 bits per heavy atom. The second-order valence-electron chi connectivity index (χ2n) is 23.3. The molecule has 25 heteroatoms. The van der Waals surface area contributed by atoms with Gasteiger partial charge >= 0.3 is 0 Å². The van der Waals surface area contributed by atoms with Crippen LogP contribution in [0.3, 0.4) is 0 Å². The van der Waals surface area contributed by atoms with E-state index >= 15 is 33.6 Å². The molecule has 6 aromatic rings. The number of rotatable bonds is 25. The highest BCUT2D eigenvalue weighted by Gasteiger charge is 2.43. The summed E-state index contributed by atoms with van der Waals surface area (Å²) < 4.78 is 0. The number of benzene rings is 6. The molecule has 1 heterocycles. The highest BCUT2D eigenvalue weighted by Crippen LogP contribution is 2.34. The second-order valence-corrected chi connectivity index (χ2v) is 23.3. The average molecular weight is 1290 g/mol. The summed E-state index contributed by atoms with van der Waals surface area (Å²) in [6.45, 7) is 0.391. The normalized spacial score (nSPS) is 19.3. The van der Waals surface area contributed by atoms with Gasteiger partial charge in [0.2, 0.25) is 35.4 Å². The number of nitrogens with two attached hydrogens (primary N) is 4. The molecule has 7 rings (SSSR count). The summed E-state index contributed by atoms with van der Waals surface area (Å²) in [4.78, 5) is 110. The summed E-state index contributed by atoms with van der Waals surface area (Å²) in [5.41, 5.74) is 26.2. The lowest BCUT2D eigenvalue weighted by Crippen LogP contribution is -2.62. The first-order valence-electron chi connectivity index (χ1n) is 31.8. The summed E-state index contributed by atoms with van der Waals surface area (Å²) in [6, 6.07) is 45.2. The molecule has 0 saturated carbocycles. The van der Waals surface area contributed by atoms with Gasteiger partial charge in [-0.15, -0.1) is 0 Å². The van der Waals surface area contributed by atoms with Crippen LogP contribution in [-0.2, 0) is 33.6 Å². The first kappa shape index (κ1) is 71.3. The second kappa shape index (κ2) is 36.8. The van der Waals surface area contributed by atoms with Crippen LogP contribution in [0.2, 0.25) is 0 Å². The molecule has 0 aromatic heterocycles. The number of carbonyl (C=O) groups is 7. The molecular formula is C70H88N18O7. The van der Waals surface area contributed by atoms with Gasteiger partial charge in [0.1, 0.15) is 30.2 Å². The van der Waals surface area contributed by atoms with E-state index in [1.165, 1.54) is 0 Å². The quantitative estimate of drug-likeness (QED) is 0.0223. The van der Waals surface area contributed by atoms with Gasteiger partial charge in [-0.05, 0) is 84.7 Å². The van der Waals surface area contributed by atoms with Crippen LogP contribution in [0, 0.1) is 27.6 Å². The minimum absolute atomic E-state index is 0.00716. The average Bonchev–Trinajstić information content (AvgIpc) is 0.866. The molecule has 1 aliphatic rings. The van der Waals surface area contributed by atoms with Gasteiger partial charge in [-0.25, -0.2) is 0 Å². The van der Waals surface area contributed by atoms with Crippen LogP contribution in [-0.4, -0.2) is 127 Å². The standard InChI is InChI=1S/C70H88N18O7/c71-67(72)79-39-19-35-50-43-54(89)51(36-20-40-80-68(73)74)83-62(91)52(37-21-41-81-69(75)76)84-63(92)53(38-22-42-82-70(77)78)85-64(93)58(55(44-23-7-1-8-24-44)45-25-9-2-10-26-45)87-66(95)60(57(48-31-15-5-16-32-48)49-33-17-6-18-34-49)88-65(94)59(86-61(50)90)56(46-27-11-3-12-28-46)47-29-13-4-14-30-47/h1-18,23-34,50-53,55-60H,19-22,35-43H2,(H,83,91)(H,84,92)(H,85,93)(H,86,90)(H,87,95)(H,88,94)(H4,71,72,79)(H4,73,74,80)(H4,75,76,81)(H4,77,78,82)/t50-,51-,52+,53+,58+,59+,60-/m0/s1. The summed E-state index contributed by atoms with van der Waals surface area (Å²) in [5.74, 6) is -11.0. The zero-order valence-electron chi connectivity index (χ0n) is 53.0. The molecule has 0 bridgehead atoms. The predicted octanol–water partition coefficient (Wildman–Crippen LogP) is 3.03. The highest BCUT2D eigenvalue weighted by atomic mass is 16.2. The first-order valence-corrected chi connectivity index (χ1v) is 31.8. The van der Waals surface area contributed by atoms with E-state index in [0.29, 0.717) is 33.4 Å². The number of carbonyl (C=O) groups excluding carboxylic acids is 7. The minimum Gasteiger partial charge on any atom is -0.370 e. The van der Waals surface area contributed by atoms with Gasteiger partial charge in [0.05, 0.1) is 6.04 Å². The topological polar surface area (TPSA) is 439 Å². The van der Waals surface area contributed by atoms with Crippen LogP contribution >= 0.6 is 0 Å². The minimum atomic E-state index is -1.60. The Morgan fingerprint density at radius 1 is 0.326 bits per heavy atom. The number of Topliss-reactive ketones (excluding diaryl/α,β-unsaturated/α-hetero) is 1. The highest BCUT2D eigenvalue weighted by molar-refractivity contribution is 6.00. The third kappa shape index (κ3) is 22.0. The van der Waals surface area contributed by atoms with E-state index < -0.39 is 108 Å². The number of amides is 6. The van der Waals surface area contributed by atoms with Crippen molar-refractivity contribution in [2.45, 2.75) is 112 Å². The molecule has 95 heavy (non-hydrogen) atoms. The molecule has 7 atom stereocenters. The van der Waals surface area contributed by atoms with E-state index in [-0.39, 0.29) is 101 Å². The Balaban J connectivity index is 1.50. The van der Waals surface area contributed by atoms with E-state index in [0.717, 1.165) is 0 Å². The predicted molar refractivity (Wildman–Crippen MR) is 365 cm³/mol. The molecule has 500 valence electrons. The van der Waals surface area contributed by atoms with Gasteiger partial charge in [-0.3, -0.25) is 55.2 Å². The molecule has 0 spiro atoms. The van der Waals surface area contributed by atoms with Gasteiger partial charge in [-0.2, -0.15) is 0 Å². The summed E-state index contributed by atoms with van der Waals surface area (Å²) in [5, 5.41) is 60.3. The maximum Gasteiger partial charge on any atom is 0.244 e. The number of guanidine groups is 4. The van der Waals surface area contributed by atoms with Crippen molar-refractivity contribution in [1.82, 2.24) is 53.2 Å². The van der Waals surface area contributed by atoms with Gasteiger partial charge in [0.25, 0.3) is 0 Å². The zero-order valence-corrected chi connectivity index (χ0v) is 53.0. The molecule has 22 N–H and O–H groups in total.